The molecule has 1 aromatic heterocycles. The molecule has 10 heteroatoms. The fourth-order valence-corrected chi connectivity index (χ4v) is 6.53. The molecule has 2 bridgehead atoms. The number of rotatable bonds is 8. The number of halogens is 1. The monoisotopic (exact) mass is 473 g/mol. The number of ether oxygens (including phenoxy) is 1. The second kappa shape index (κ2) is 9.32. The third kappa shape index (κ3) is 4.45. The van der Waals surface area contributed by atoms with Crippen molar-refractivity contribution in [2.24, 2.45) is 17.8 Å². The normalized spacial score (nSPS) is 24.8. The Kier molecular flexibility index (Phi) is 6.27. The fraction of sp³-hybridized carbons (Fsp3) is 0.565. The summed E-state index contributed by atoms with van der Waals surface area (Å²) in [7, 11) is 0. The van der Waals surface area contributed by atoms with Crippen molar-refractivity contribution in [2.75, 3.05) is 18.8 Å². The van der Waals surface area contributed by atoms with Crippen molar-refractivity contribution in [3.8, 4) is 5.75 Å². The van der Waals surface area contributed by atoms with E-state index >= 15 is 0 Å². The molecular weight excluding hydrogens is 445 g/mol. The molecule has 1 aliphatic heterocycles. The molecule has 3 amide bonds. The van der Waals surface area contributed by atoms with E-state index in [2.05, 4.69) is 27.0 Å². The van der Waals surface area contributed by atoms with E-state index < -0.39 is 5.82 Å². The maximum Gasteiger partial charge on any atom is 0.324 e. The van der Waals surface area contributed by atoms with Crippen LogP contribution in [0.1, 0.15) is 44.5 Å². The first-order valence-corrected chi connectivity index (χ1v) is 12.5. The highest BCUT2D eigenvalue weighted by atomic mass is 32.2. The van der Waals surface area contributed by atoms with Crippen LogP contribution >= 0.6 is 11.8 Å². The molecule has 3 aliphatic rings. The Morgan fingerprint density at radius 3 is 2.85 bits per heavy atom. The number of amides is 3. The van der Waals surface area contributed by atoms with Gasteiger partial charge < -0.3 is 10.1 Å². The van der Waals surface area contributed by atoms with Crippen molar-refractivity contribution in [2.45, 2.75) is 50.4 Å². The first kappa shape index (κ1) is 22.2. The van der Waals surface area contributed by atoms with Gasteiger partial charge in [-0.05, 0) is 56.1 Å². The fourth-order valence-electron chi connectivity index (χ4n) is 5.61. The largest absolute Gasteiger partial charge is 0.483 e. The van der Waals surface area contributed by atoms with E-state index in [0.29, 0.717) is 35.9 Å². The molecule has 1 N–H and O–H groups in total. The number of hydrogen-bond acceptors (Lipinski definition) is 6. The summed E-state index contributed by atoms with van der Waals surface area (Å²) < 4.78 is 21.8. The van der Waals surface area contributed by atoms with E-state index in [1.165, 1.54) is 48.4 Å². The van der Waals surface area contributed by atoms with E-state index in [1.54, 1.807) is 18.2 Å². The number of thioether (sulfide) groups is 1. The number of para-hydroxylation sites is 1. The van der Waals surface area contributed by atoms with Crippen LogP contribution in [0.3, 0.4) is 0 Å². The van der Waals surface area contributed by atoms with Crippen LogP contribution in [-0.2, 0) is 11.4 Å². The molecule has 5 rings (SSSR count). The van der Waals surface area contributed by atoms with Gasteiger partial charge in [0.1, 0.15) is 6.61 Å². The number of nitrogens with one attached hydrogen (secondary N) is 1. The molecule has 2 aromatic rings. The van der Waals surface area contributed by atoms with E-state index in [-0.39, 0.29) is 36.1 Å². The van der Waals surface area contributed by atoms with E-state index in [9.17, 15) is 14.0 Å². The van der Waals surface area contributed by atoms with Crippen molar-refractivity contribution in [1.29, 1.82) is 0 Å². The van der Waals surface area contributed by atoms with Crippen molar-refractivity contribution < 1.29 is 18.7 Å². The zero-order valence-electron chi connectivity index (χ0n) is 18.6. The standard InChI is InChI=1S/C23H28FN5O3S/c1-14(17-11-15-6-7-16(17)10-15)29-20(12-32-19-5-3-2-4-18(19)24)26-27-23(29)33-13-21(30)28-9-8-25-22(28)31/h2-5,14-17H,6-13H2,1H3,(H,25,31). The highest BCUT2D eigenvalue weighted by Gasteiger charge is 2.43. The number of imide groups is 1. The summed E-state index contributed by atoms with van der Waals surface area (Å²) in [6, 6.07) is 6.08. The van der Waals surface area contributed by atoms with E-state index in [4.69, 9.17) is 4.74 Å². The Morgan fingerprint density at radius 2 is 2.15 bits per heavy atom. The number of urea groups is 1. The summed E-state index contributed by atoms with van der Waals surface area (Å²) in [6.07, 6.45) is 5.04. The molecule has 2 saturated carbocycles. The number of aromatic nitrogens is 3. The minimum Gasteiger partial charge on any atom is -0.483 e. The average Bonchev–Trinajstić information content (AvgIpc) is 3.61. The predicted molar refractivity (Wildman–Crippen MR) is 120 cm³/mol. The van der Waals surface area contributed by atoms with Crippen LogP contribution in [0, 0.1) is 23.6 Å². The summed E-state index contributed by atoms with van der Waals surface area (Å²) in [4.78, 5) is 25.6. The van der Waals surface area contributed by atoms with Gasteiger partial charge in [-0.2, -0.15) is 0 Å². The Labute approximate surface area is 196 Å². The van der Waals surface area contributed by atoms with Crippen LogP contribution in [0.25, 0.3) is 0 Å². The van der Waals surface area contributed by atoms with Gasteiger partial charge in [0, 0.05) is 19.1 Å². The molecule has 1 saturated heterocycles. The third-order valence-corrected chi connectivity index (χ3v) is 8.16. The lowest BCUT2D eigenvalue weighted by Gasteiger charge is -2.30. The Hall–Kier alpha value is -2.62. The molecule has 3 fully saturated rings. The molecular formula is C23H28FN5O3S. The quantitative estimate of drug-likeness (QED) is 0.589. The molecule has 33 heavy (non-hydrogen) atoms. The van der Waals surface area contributed by atoms with Crippen LogP contribution in [0.4, 0.5) is 9.18 Å². The number of hydrogen-bond donors (Lipinski definition) is 1. The zero-order valence-corrected chi connectivity index (χ0v) is 19.4. The second-order valence-electron chi connectivity index (χ2n) is 9.13. The third-order valence-electron chi connectivity index (χ3n) is 7.23. The molecule has 4 atom stereocenters. The SMILES string of the molecule is CC(C1CC2CCC1C2)n1c(COc2ccccc2F)nnc1SCC(=O)N1CCNC1=O. The zero-order chi connectivity index (χ0) is 22.9. The van der Waals surface area contributed by atoms with Crippen LogP contribution in [0.2, 0.25) is 0 Å². The first-order chi connectivity index (χ1) is 16.0. The minimum atomic E-state index is -0.422. The molecule has 0 radical (unpaired) electrons. The molecule has 176 valence electrons. The summed E-state index contributed by atoms with van der Waals surface area (Å²) in [6.45, 7) is 3.13. The maximum atomic E-state index is 14.0. The highest BCUT2D eigenvalue weighted by Crippen LogP contribution is 2.52. The Bertz CT molecular complexity index is 1050. The van der Waals surface area contributed by atoms with Gasteiger partial charge in [-0.3, -0.25) is 14.3 Å². The van der Waals surface area contributed by atoms with Crippen molar-refractivity contribution in [1.82, 2.24) is 25.0 Å². The van der Waals surface area contributed by atoms with Crippen LogP contribution in [0.15, 0.2) is 29.4 Å². The van der Waals surface area contributed by atoms with Crippen molar-refractivity contribution >= 4 is 23.7 Å². The molecule has 1 aromatic carbocycles. The topological polar surface area (TPSA) is 89.3 Å². The van der Waals surface area contributed by atoms with Gasteiger partial charge in [0.05, 0.1) is 5.75 Å². The summed E-state index contributed by atoms with van der Waals surface area (Å²) in [5.41, 5.74) is 0. The van der Waals surface area contributed by atoms with Gasteiger partial charge >= 0.3 is 6.03 Å². The summed E-state index contributed by atoms with van der Waals surface area (Å²) >= 11 is 1.29. The Morgan fingerprint density at radius 1 is 1.30 bits per heavy atom. The molecule has 8 nitrogen and oxygen atoms in total. The highest BCUT2D eigenvalue weighted by molar-refractivity contribution is 7.99. The van der Waals surface area contributed by atoms with Crippen molar-refractivity contribution in [3.05, 3.63) is 35.9 Å². The Balaban J connectivity index is 1.35. The minimum absolute atomic E-state index is 0.0854. The molecule has 2 aliphatic carbocycles. The maximum absolute atomic E-state index is 14.0. The van der Waals surface area contributed by atoms with E-state index in [1.807, 2.05) is 0 Å². The lowest BCUT2D eigenvalue weighted by Crippen LogP contribution is -2.35. The van der Waals surface area contributed by atoms with Gasteiger partial charge in [0.2, 0.25) is 5.91 Å². The lowest BCUT2D eigenvalue weighted by molar-refractivity contribution is -0.124. The van der Waals surface area contributed by atoms with E-state index in [0.717, 1.165) is 5.92 Å². The predicted octanol–water partition coefficient (Wildman–Crippen LogP) is 3.64. The van der Waals surface area contributed by atoms with Gasteiger partial charge in [-0.15, -0.1) is 10.2 Å². The second-order valence-corrected chi connectivity index (χ2v) is 10.1. The smallest absolute Gasteiger partial charge is 0.324 e. The van der Waals surface area contributed by atoms with Crippen molar-refractivity contribution in [3.63, 3.8) is 0 Å². The molecule has 0 spiro atoms. The number of carbonyl (C=O) groups is 2. The first-order valence-electron chi connectivity index (χ1n) is 11.5. The lowest BCUT2D eigenvalue weighted by atomic mass is 9.84. The number of fused-ring (bicyclic) bond motifs is 2. The van der Waals surface area contributed by atoms with Crippen LogP contribution in [-0.4, -0.2) is 50.4 Å². The van der Waals surface area contributed by atoms with Gasteiger partial charge in [0.15, 0.2) is 22.5 Å². The molecule has 4 unspecified atom stereocenters. The van der Waals surface area contributed by atoms with Gasteiger partial charge in [-0.1, -0.05) is 30.3 Å². The van der Waals surface area contributed by atoms with Crippen LogP contribution in [0.5, 0.6) is 5.75 Å². The summed E-state index contributed by atoms with van der Waals surface area (Å²) in [5.74, 6) is 2.22. The number of nitrogens with zero attached hydrogens (tertiary/aromatic N) is 4. The van der Waals surface area contributed by atoms with Gasteiger partial charge in [0.25, 0.3) is 0 Å². The number of benzene rings is 1. The van der Waals surface area contributed by atoms with Crippen LogP contribution < -0.4 is 10.1 Å². The summed E-state index contributed by atoms with van der Waals surface area (Å²) in [5, 5.41) is 12.0. The number of carbonyl (C=O) groups excluding carboxylic acids is 2. The van der Waals surface area contributed by atoms with Gasteiger partial charge in [-0.25, -0.2) is 9.18 Å². The average molecular weight is 474 g/mol. The molecule has 2 heterocycles.